The van der Waals surface area contributed by atoms with E-state index in [1.807, 2.05) is 11.3 Å². The second kappa shape index (κ2) is 11.7. The molecular formula is C50H30N4S. The number of para-hydroxylation sites is 3. The number of aromatic nitrogens is 4. The Bertz CT molecular complexity index is 3480. The molecule has 0 N–H and O–H groups in total. The molecule has 8 aromatic carbocycles. The maximum absolute atomic E-state index is 5.46. The van der Waals surface area contributed by atoms with Crippen molar-refractivity contribution < 1.29 is 0 Å². The summed E-state index contributed by atoms with van der Waals surface area (Å²) in [6.45, 7) is 0. The molecule has 12 aromatic rings. The highest BCUT2D eigenvalue weighted by Crippen LogP contribution is 2.42. The molecule has 0 saturated heterocycles. The Morgan fingerprint density at radius 2 is 0.909 bits per heavy atom. The SMILES string of the molecule is c1ccc(-c2nc(-n3c4ccccc4c4cc(-c5ccc6c(c5)c5ccccc5n6-c5ccccc5)ccc43)nc3c2ccc2c4ccccc4sc23)cc1. The van der Waals surface area contributed by atoms with Gasteiger partial charge in [-0.25, -0.2) is 9.97 Å². The zero-order valence-electron chi connectivity index (χ0n) is 29.5. The number of hydrogen-bond acceptors (Lipinski definition) is 3. The van der Waals surface area contributed by atoms with Gasteiger partial charge in [0.25, 0.3) is 0 Å². The van der Waals surface area contributed by atoms with Crippen LogP contribution in [0.1, 0.15) is 0 Å². The zero-order chi connectivity index (χ0) is 36.0. The largest absolute Gasteiger partial charge is 0.309 e. The van der Waals surface area contributed by atoms with Crippen molar-refractivity contribution >= 4 is 86.0 Å². The maximum atomic E-state index is 5.46. The minimum absolute atomic E-state index is 0.672. The molecular weight excluding hydrogens is 689 g/mol. The van der Waals surface area contributed by atoms with Crippen LogP contribution in [0.5, 0.6) is 0 Å². The van der Waals surface area contributed by atoms with Gasteiger partial charge in [0.2, 0.25) is 5.95 Å². The van der Waals surface area contributed by atoms with Crippen LogP contribution in [0.15, 0.2) is 182 Å². The molecule has 256 valence electrons. The molecule has 0 amide bonds. The third-order valence-electron chi connectivity index (χ3n) is 11.1. The van der Waals surface area contributed by atoms with Gasteiger partial charge in [-0.3, -0.25) is 4.57 Å². The molecule has 0 radical (unpaired) electrons. The zero-order valence-corrected chi connectivity index (χ0v) is 30.3. The fourth-order valence-electron chi connectivity index (χ4n) is 8.65. The minimum Gasteiger partial charge on any atom is -0.309 e. The van der Waals surface area contributed by atoms with Crippen molar-refractivity contribution in [3.05, 3.63) is 182 Å². The van der Waals surface area contributed by atoms with E-state index in [0.717, 1.165) is 38.9 Å². The number of rotatable bonds is 4. The van der Waals surface area contributed by atoms with E-state index >= 15 is 0 Å². The van der Waals surface area contributed by atoms with Crippen molar-refractivity contribution in [1.82, 2.24) is 19.1 Å². The van der Waals surface area contributed by atoms with Crippen molar-refractivity contribution in [1.29, 1.82) is 0 Å². The van der Waals surface area contributed by atoms with E-state index in [0.29, 0.717) is 5.95 Å². The van der Waals surface area contributed by atoms with Crippen LogP contribution in [-0.2, 0) is 0 Å². The first-order chi connectivity index (χ1) is 27.3. The average Bonchev–Trinajstić information content (AvgIpc) is 3.91. The van der Waals surface area contributed by atoms with E-state index in [-0.39, 0.29) is 0 Å². The normalized spacial score (nSPS) is 12.0. The van der Waals surface area contributed by atoms with E-state index in [9.17, 15) is 0 Å². The number of benzene rings is 8. The highest BCUT2D eigenvalue weighted by Gasteiger charge is 2.20. The third kappa shape index (κ3) is 4.51. The second-order valence-corrected chi connectivity index (χ2v) is 15.2. The third-order valence-corrected chi connectivity index (χ3v) is 12.3. The number of fused-ring (bicyclic) bond motifs is 11. The van der Waals surface area contributed by atoms with Gasteiger partial charge in [0, 0.05) is 53.7 Å². The van der Waals surface area contributed by atoms with Crippen molar-refractivity contribution in [2.75, 3.05) is 0 Å². The van der Waals surface area contributed by atoms with E-state index in [4.69, 9.17) is 9.97 Å². The summed E-state index contributed by atoms with van der Waals surface area (Å²) >= 11 is 1.81. The van der Waals surface area contributed by atoms with Crippen molar-refractivity contribution in [2.45, 2.75) is 0 Å². The van der Waals surface area contributed by atoms with Gasteiger partial charge in [0.05, 0.1) is 38.0 Å². The molecule has 0 aliphatic carbocycles. The van der Waals surface area contributed by atoms with Crippen LogP contribution in [-0.4, -0.2) is 19.1 Å². The molecule has 4 aromatic heterocycles. The lowest BCUT2D eigenvalue weighted by atomic mass is 10.0. The molecule has 0 spiro atoms. The molecule has 0 unspecified atom stereocenters. The second-order valence-electron chi connectivity index (χ2n) is 14.2. The summed E-state index contributed by atoms with van der Waals surface area (Å²) in [6, 6.07) is 65.3. The Balaban J connectivity index is 1.09. The summed E-state index contributed by atoms with van der Waals surface area (Å²) in [5, 5.41) is 8.38. The molecule has 0 aliphatic rings. The van der Waals surface area contributed by atoms with Crippen molar-refractivity contribution in [2.24, 2.45) is 0 Å². The molecule has 5 heteroatoms. The lowest BCUT2D eigenvalue weighted by Crippen LogP contribution is -2.03. The quantitative estimate of drug-likeness (QED) is 0.182. The fraction of sp³-hybridized carbons (Fsp3) is 0. The summed E-state index contributed by atoms with van der Waals surface area (Å²) < 4.78 is 7.07. The lowest BCUT2D eigenvalue weighted by molar-refractivity contribution is 1.02. The molecule has 0 saturated carbocycles. The van der Waals surface area contributed by atoms with E-state index in [1.165, 1.54) is 63.9 Å². The smallest absolute Gasteiger partial charge is 0.235 e. The number of nitrogens with zero attached hydrogens (tertiary/aromatic N) is 4. The molecule has 4 nitrogen and oxygen atoms in total. The minimum atomic E-state index is 0.672. The highest BCUT2D eigenvalue weighted by molar-refractivity contribution is 7.26. The molecule has 0 bridgehead atoms. The van der Waals surface area contributed by atoms with Gasteiger partial charge >= 0.3 is 0 Å². The molecule has 0 fully saturated rings. The first kappa shape index (κ1) is 30.4. The van der Waals surface area contributed by atoms with E-state index in [1.54, 1.807) is 0 Å². The summed E-state index contributed by atoms with van der Waals surface area (Å²) in [5.41, 5.74) is 11.1. The Hall–Kier alpha value is -7.08. The topological polar surface area (TPSA) is 35.6 Å². The summed E-state index contributed by atoms with van der Waals surface area (Å²) in [5.74, 6) is 0.672. The number of thiophene rings is 1. The van der Waals surface area contributed by atoms with Crippen LogP contribution >= 0.6 is 11.3 Å². The first-order valence-electron chi connectivity index (χ1n) is 18.6. The van der Waals surface area contributed by atoms with Gasteiger partial charge in [-0.05, 0) is 71.8 Å². The molecule has 55 heavy (non-hydrogen) atoms. The van der Waals surface area contributed by atoms with E-state index < -0.39 is 0 Å². The van der Waals surface area contributed by atoms with Crippen LogP contribution in [0, 0.1) is 0 Å². The fourth-order valence-corrected chi connectivity index (χ4v) is 9.85. The van der Waals surface area contributed by atoms with Gasteiger partial charge < -0.3 is 4.57 Å². The van der Waals surface area contributed by atoms with Gasteiger partial charge in [-0.15, -0.1) is 11.3 Å². The molecule has 0 aliphatic heterocycles. The predicted octanol–water partition coefficient (Wildman–Crippen LogP) is 13.5. The van der Waals surface area contributed by atoms with Crippen LogP contribution < -0.4 is 0 Å². The van der Waals surface area contributed by atoms with Crippen LogP contribution in [0.25, 0.3) is 109 Å². The maximum Gasteiger partial charge on any atom is 0.235 e. The first-order valence-corrected chi connectivity index (χ1v) is 19.4. The Morgan fingerprint density at radius 1 is 0.364 bits per heavy atom. The lowest BCUT2D eigenvalue weighted by Gasteiger charge is -2.12. The van der Waals surface area contributed by atoms with Crippen molar-refractivity contribution in [3.8, 4) is 34.0 Å². The number of hydrogen-bond donors (Lipinski definition) is 0. The highest BCUT2D eigenvalue weighted by atomic mass is 32.1. The van der Waals surface area contributed by atoms with Gasteiger partial charge in [-0.2, -0.15) is 0 Å². The summed E-state index contributed by atoms with van der Waals surface area (Å²) in [6.07, 6.45) is 0. The predicted molar refractivity (Wildman–Crippen MR) is 232 cm³/mol. The molecule has 0 atom stereocenters. The van der Waals surface area contributed by atoms with Gasteiger partial charge in [0.15, 0.2) is 0 Å². The standard InChI is InChI=1S/C50H30N4S/c1-3-13-31(14-4-1)47-39-26-25-38-37-19-9-12-22-46(37)55-49(38)48(39)52-50(51-47)54-43-21-11-8-18-36(43)41-30-33(24-28-45(41)54)32-23-27-44-40(29-32)35-17-7-10-20-42(35)53(44)34-15-5-2-6-16-34/h1-30H. The molecule has 4 heterocycles. The Kier molecular flexibility index (Phi) is 6.47. The van der Waals surface area contributed by atoms with Crippen LogP contribution in [0.3, 0.4) is 0 Å². The average molecular weight is 719 g/mol. The van der Waals surface area contributed by atoms with Gasteiger partial charge in [0.1, 0.15) is 0 Å². The van der Waals surface area contributed by atoms with Crippen LogP contribution in [0.4, 0.5) is 0 Å². The Morgan fingerprint density at radius 3 is 1.62 bits per heavy atom. The van der Waals surface area contributed by atoms with Crippen LogP contribution in [0.2, 0.25) is 0 Å². The monoisotopic (exact) mass is 718 g/mol. The Labute approximate surface area is 319 Å². The summed E-state index contributed by atoms with van der Waals surface area (Å²) in [7, 11) is 0. The van der Waals surface area contributed by atoms with E-state index in [2.05, 4.69) is 191 Å². The van der Waals surface area contributed by atoms with Crippen molar-refractivity contribution in [3.63, 3.8) is 0 Å². The summed E-state index contributed by atoms with van der Waals surface area (Å²) in [4.78, 5) is 10.9. The van der Waals surface area contributed by atoms with Gasteiger partial charge in [-0.1, -0.05) is 121 Å². The molecule has 12 rings (SSSR count).